The van der Waals surface area contributed by atoms with Crippen LogP contribution in [0.15, 0.2) is 35.1 Å². The lowest BCUT2D eigenvalue weighted by molar-refractivity contribution is 0.299. The van der Waals surface area contributed by atoms with Crippen LogP contribution in [0.3, 0.4) is 0 Å². The van der Waals surface area contributed by atoms with E-state index < -0.39 is 0 Å². The van der Waals surface area contributed by atoms with E-state index in [9.17, 15) is 4.79 Å². The van der Waals surface area contributed by atoms with Gasteiger partial charge in [-0.1, -0.05) is 0 Å². The van der Waals surface area contributed by atoms with Gasteiger partial charge in [0.15, 0.2) is 0 Å². The summed E-state index contributed by atoms with van der Waals surface area (Å²) in [5.41, 5.74) is 0.0336. The molecular weight excluding hydrogens is 324 g/mol. The molecule has 0 amide bonds. The number of thiophene rings is 1. The maximum Gasteiger partial charge on any atom is 0.262 e. The second-order valence-electron chi connectivity index (χ2n) is 5.57. The van der Waals surface area contributed by atoms with Crippen molar-refractivity contribution >= 4 is 21.6 Å². The number of benzene rings is 1. The van der Waals surface area contributed by atoms with Gasteiger partial charge >= 0.3 is 0 Å². The van der Waals surface area contributed by atoms with Crippen molar-refractivity contribution in [1.29, 1.82) is 0 Å². The highest BCUT2D eigenvalue weighted by Gasteiger charge is 2.10. The number of aromatic nitrogens is 2. The molecule has 0 aliphatic carbocycles. The molecule has 2 heterocycles. The Bertz CT molecular complexity index is 897. The first kappa shape index (κ1) is 16.5. The molecule has 126 valence electrons. The van der Waals surface area contributed by atoms with Crippen molar-refractivity contribution in [2.45, 2.75) is 26.8 Å². The summed E-state index contributed by atoms with van der Waals surface area (Å²) in [4.78, 5) is 19.0. The van der Waals surface area contributed by atoms with E-state index in [4.69, 9.17) is 9.47 Å². The van der Waals surface area contributed by atoms with E-state index in [0.29, 0.717) is 18.5 Å². The van der Waals surface area contributed by atoms with Gasteiger partial charge in [-0.25, -0.2) is 4.98 Å². The van der Waals surface area contributed by atoms with Crippen LogP contribution in [0, 0.1) is 13.8 Å². The molecule has 0 aliphatic rings. The molecule has 0 bridgehead atoms. The van der Waals surface area contributed by atoms with Crippen LogP contribution in [-0.4, -0.2) is 23.3 Å². The average molecular weight is 344 g/mol. The van der Waals surface area contributed by atoms with Gasteiger partial charge in [0.1, 0.15) is 22.2 Å². The summed E-state index contributed by atoms with van der Waals surface area (Å²) in [5, 5.41) is 0.708. The molecule has 0 saturated carbocycles. The van der Waals surface area contributed by atoms with E-state index in [0.717, 1.165) is 33.5 Å². The van der Waals surface area contributed by atoms with Crippen molar-refractivity contribution in [3.05, 3.63) is 51.4 Å². The Morgan fingerprint density at radius 2 is 1.88 bits per heavy atom. The number of aryl methyl sites for hydroxylation is 2. The minimum Gasteiger partial charge on any atom is -0.497 e. The van der Waals surface area contributed by atoms with Gasteiger partial charge in [0.2, 0.25) is 0 Å². The maximum atomic E-state index is 12.6. The first-order chi connectivity index (χ1) is 11.6. The van der Waals surface area contributed by atoms with Gasteiger partial charge in [0, 0.05) is 11.4 Å². The topological polar surface area (TPSA) is 53.4 Å². The predicted molar refractivity (Wildman–Crippen MR) is 96.5 cm³/mol. The van der Waals surface area contributed by atoms with Crippen LogP contribution in [0.5, 0.6) is 11.5 Å². The molecule has 0 aliphatic heterocycles. The average Bonchev–Trinajstić information content (AvgIpc) is 2.95. The Morgan fingerprint density at radius 3 is 2.58 bits per heavy atom. The summed E-state index contributed by atoms with van der Waals surface area (Å²) < 4.78 is 12.6. The van der Waals surface area contributed by atoms with Gasteiger partial charge in [0.05, 0.1) is 19.1 Å². The monoisotopic (exact) mass is 344 g/mol. The standard InChI is InChI=1S/C18H20N2O3S/c1-12-11-16-17(24-12)19-13(2)20(18(16)21)9-4-10-23-15-7-5-14(22-3)6-8-15/h5-8,11H,4,9-10H2,1-3H3. The fourth-order valence-corrected chi connectivity index (χ4v) is 3.50. The summed E-state index contributed by atoms with van der Waals surface area (Å²) in [5.74, 6) is 2.34. The summed E-state index contributed by atoms with van der Waals surface area (Å²) in [6, 6.07) is 9.39. The molecule has 6 heteroatoms. The zero-order valence-electron chi connectivity index (χ0n) is 14.0. The number of fused-ring (bicyclic) bond motifs is 1. The van der Waals surface area contributed by atoms with Crippen LogP contribution in [0.2, 0.25) is 0 Å². The van der Waals surface area contributed by atoms with E-state index in [1.165, 1.54) is 0 Å². The second kappa shape index (κ2) is 7.05. The zero-order valence-corrected chi connectivity index (χ0v) is 14.9. The summed E-state index contributed by atoms with van der Waals surface area (Å²) >= 11 is 1.56. The normalized spacial score (nSPS) is 11.0. The molecule has 24 heavy (non-hydrogen) atoms. The van der Waals surface area contributed by atoms with Crippen LogP contribution in [-0.2, 0) is 6.54 Å². The molecule has 0 radical (unpaired) electrons. The van der Waals surface area contributed by atoms with Crippen molar-refractivity contribution in [3.8, 4) is 11.5 Å². The smallest absolute Gasteiger partial charge is 0.262 e. The Hall–Kier alpha value is -2.34. The van der Waals surface area contributed by atoms with Crippen LogP contribution < -0.4 is 15.0 Å². The van der Waals surface area contributed by atoms with Gasteiger partial charge in [0.25, 0.3) is 5.56 Å². The van der Waals surface area contributed by atoms with E-state index in [-0.39, 0.29) is 5.56 Å². The Balaban J connectivity index is 1.64. The molecule has 2 aromatic heterocycles. The van der Waals surface area contributed by atoms with E-state index in [1.54, 1.807) is 23.0 Å². The molecule has 5 nitrogen and oxygen atoms in total. The molecule has 1 aromatic carbocycles. The Kier molecular flexibility index (Phi) is 4.85. The van der Waals surface area contributed by atoms with E-state index in [2.05, 4.69) is 4.98 Å². The molecule has 0 fully saturated rings. The van der Waals surface area contributed by atoms with Crippen LogP contribution in [0.25, 0.3) is 10.2 Å². The number of nitrogens with zero attached hydrogens (tertiary/aromatic N) is 2. The summed E-state index contributed by atoms with van der Waals surface area (Å²) in [7, 11) is 1.63. The van der Waals surface area contributed by atoms with Crippen LogP contribution in [0.1, 0.15) is 17.1 Å². The minimum absolute atomic E-state index is 0.0336. The first-order valence-electron chi connectivity index (χ1n) is 7.83. The zero-order chi connectivity index (χ0) is 17.1. The first-order valence-corrected chi connectivity index (χ1v) is 8.64. The number of ether oxygens (including phenoxy) is 2. The third-order valence-corrected chi connectivity index (χ3v) is 4.76. The molecule has 0 spiro atoms. The van der Waals surface area contributed by atoms with Crippen LogP contribution in [0.4, 0.5) is 0 Å². The highest BCUT2D eigenvalue weighted by Crippen LogP contribution is 2.20. The maximum absolute atomic E-state index is 12.6. The molecule has 0 N–H and O–H groups in total. The van der Waals surface area contributed by atoms with Crippen molar-refractivity contribution in [2.75, 3.05) is 13.7 Å². The Morgan fingerprint density at radius 1 is 1.17 bits per heavy atom. The Labute approximate surface area is 144 Å². The molecule has 3 rings (SSSR count). The fraction of sp³-hybridized carbons (Fsp3) is 0.333. The summed E-state index contributed by atoms with van der Waals surface area (Å²) in [6.07, 6.45) is 0.739. The lowest BCUT2D eigenvalue weighted by Gasteiger charge is -2.10. The van der Waals surface area contributed by atoms with E-state index in [1.807, 2.05) is 44.2 Å². The number of hydrogen-bond donors (Lipinski definition) is 0. The van der Waals surface area contributed by atoms with Crippen LogP contribution >= 0.6 is 11.3 Å². The SMILES string of the molecule is COc1ccc(OCCCn2c(C)nc3sc(C)cc3c2=O)cc1. The summed E-state index contributed by atoms with van der Waals surface area (Å²) in [6.45, 7) is 5.01. The largest absolute Gasteiger partial charge is 0.497 e. The highest BCUT2D eigenvalue weighted by molar-refractivity contribution is 7.18. The molecule has 0 unspecified atom stereocenters. The van der Waals surface area contributed by atoms with Gasteiger partial charge in [-0.3, -0.25) is 9.36 Å². The van der Waals surface area contributed by atoms with Gasteiger partial charge in [-0.15, -0.1) is 11.3 Å². The minimum atomic E-state index is 0.0336. The number of hydrogen-bond acceptors (Lipinski definition) is 5. The van der Waals surface area contributed by atoms with E-state index >= 15 is 0 Å². The number of rotatable bonds is 6. The third-order valence-electron chi connectivity index (χ3n) is 3.82. The van der Waals surface area contributed by atoms with Crippen molar-refractivity contribution in [3.63, 3.8) is 0 Å². The second-order valence-corrected chi connectivity index (χ2v) is 6.80. The van der Waals surface area contributed by atoms with Gasteiger partial charge in [-0.05, 0) is 50.6 Å². The molecular formula is C18H20N2O3S. The van der Waals surface area contributed by atoms with Crippen molar-refractivity contribution < 1.29 is 9.47 Å². The molecule has 0 saturated heterocycles. The van der Waals surface area contributed by atoms with Crippen molar-refractivity contribution in [2.24, 2.45) is 0 Å². The lowest BCUT2D eigenvalue weighted by Crippen LogP contribution is -2.24. The highest BCUT2D eigenvalue weighted by atomic mass is 32.1. The predicted octanol–water partition coefficient (Wildman–Crippen LogP) is 3.55. The molecule has 0 atom stereocenters. The fourth-order valence-electron chi connectivity index (χ4n) is 2.59. The lowest BCUT2D eigenvalue weighted by atomic mass is 10.3. The van der Waals surface area contributed by atoms with Gasteiger partial charge in [-0.2, -0.15) is 0 Å². The van der Waals surface area contributed by atoms with Gasteiger partial charge < -0.3 is 9.47 Å². The quantitative estimate of drug-likeness (QED) is 0.642. The number of methoxy groups -OCH3 is 1. The third kappa shape index (κ3) is 3.43. The molecule has 3 aromatic rings. The van der Waals surface area contributed by atoms with Crippen molar-refractivity contribution in [1.82, 2.24) is 9.55 Å².